The molecule has 0 unspecified atom stereocenters. The molecule has 2 rings (SSSR count). The van der Waals surface area contributed by atoms with Crippen molar-refractivity contribution in [2.75, 3.05) is 0 Å². The van der Waals surface area contributed by atoms with Gasteiger partial charge < -0.3 is 5.11 Å². The summed E-state index contributed by atoms with van der Waals surface area (Å²) in [6, 6.07) is 0. The van der Waals surface area contributed by atoms with E-state index in [9.17, 15) is 13.2 Å². The fourth-order valence-corrected chi connectivity index (χ4v) is 4.72. The smallest absolute Gasteiger partial charge is 0.305 e. The lowest BCUT2D eigenvalue weighted by molar-refractivity contribution is -0.137. The first-order valence-corrected chi connectivity index (χ1v) is 7.63. The molecule has 1 heterocycles. The zero-order valence-corrected chi connectivity index (χ0v) is 11.0. The summed E-state index contributed by atoms with van der Waals surface area (Å²) >= 11 is 6.94. The predicted octanol–water partition coefficient (Wildman–Crippen LogP) is 1.69. The van der Waals surface area contributed by atoms with E-state index in [1.165, 1.54) is 22.1 Å². The zero-order chi connectivity index (χ0) is 12.7. The SMILES string of the molecule is O=C(O)CC1(NS(=O)(=O)c2cscc2Cl)CC1. The normalized spacial score (nSPS) is 17.9. The number of carboxylic acid groups (broad SMARTS) is 1. The highest BCUT2D eigenvalue weighted by Gasteiger charge is 2.48. The third-order valence-electron chi connectivity index (χ3n) is 2.57. The summed E-state index contributed by atoms with van der Waals surface area (Å²) in [6.45, 7) is 0. The van der Waals surface area contributed by atoms with Gasteiger partial charge in [-0.15, -0.1) is 11.3 Å². The Bertz CT molecular complexity index is 547. The molecule has 8 heteroatoms. The van der Waals surface area contributed by atoms with E-state index in [4.69, 9.17) is 16.7 Å². The van der Waals surface area contributed by atoms with Crippen LogP contribution in [0.15, 0.2) is 15.7 Å². The molecule has 94 valence electrons. The fourth-order valence-electron chi connectivity index (χ4n) is 1.56. The van der Waals surface area contributed by atoms with Crippen LogP contribution in [-0.4, -0.2) is 25.0 Å². The van der Waals surface area contributed by atoms with E-state index in [1.54, 1.807) is 0 Å². The van der Waals surface area contributed by atoms with Crippen LogP contribution in [0.3, 0.4) is 0 Å². The third-order valence-corrected chi connectivity index (χ3v) is 5.63. The Morgan fingerprint density at radius 3 is 2.59 bits per heavy atom. The van der Waals surface area contributed by atoms with Gasteiger partial charge in [0, 0.05) is 16.3 Å². The van der Waals surface area contributed by atoms with Gasteiger partial charge in [0.25, 0.3) is 0 Å². The van der Waals surface area contributed by atoms with Crippen molar-refractivity contribution in [3.8, 4) is 0 Å². The number of sulfonamides is 1. The van der Waals surface area contributed by atoms with Gasteiger partial charge in [0.15, 0.2) is 0 Å². The van der Waals surface area contributed by atoms with Crippen molar-refractivity contribution in [2.45, 2.75) is 29.7 Å². The Hall–Kier alpha value is -0.630. The number of aliphatic carboxylic acids is 1. The van der Waals surface area contributed by atoms with E-state index >= 15 is 0 Å². The van der Waals surface area contributed by atoms with Crippen LogP contribution in [0.1, 0.15) is 19.3 Å². The molecule has 1 saturated carbocycles. The molecule has 17 heavy (non-hydrogen) atoms. The van der Waals surface area contributed by atoms with E-state index in [2.05, 4.69) is 4.72 Å². The van der Waals surface area contributed by atoms with Crippen LogP contribution in [0.2, 0.25) is 5.02 Å². The number of rotatable bonds is 5. The second kappa shape index (κ2) is 4.24. The molecule has 1 fully saturated rings. The van der Waals surface area contributed by atoms with Gasteiger partial charge in [-0.1, -0.05) is 11.6 Å². The average molecular weight is 296 g/mol. The lowest BCUT2D eigenvalue weighted by atomic mass is 10.2. The molecule has 2 N–H and O–H groups in total. The number of thiophene rings is 1. The van der Waals surface area contributed by atoms with Gasteiger partial charge in [-0.25, -0.2) is 13.1 Å². The number of carboxylic acids is 1. The van der Waals surface area contributed by atoms with Crippen LogP contribution < -0.4 is 4.72 Å². The molecule has 1 aliphatic rings. The number of carbonyl (C=O) groups is 1. The molecular weight excluding hydrogens is 286 g/mol. The van der Waals surface area contributed by atoms with E-state index in [0.29, 0.717) is 12.8 Å². The van der Waals surface area contributed by atoms with Crippen molar-refractivity contribution in [1.29, 1.82) is 0 Å². The highest BCUT2D eigenvalue weighted by molar-refractivity contribution is 7.89. The van der Waals surface area contributed by atoms with Crippen molar-refractivity contribution in [2.24, 2.45) is 0 Å². The van der Waals surface area contributed by atoms with Crippen molar-refractivity contribution in [1.82, 2.24) is 4.72 Å². The van der Waals surface area contributed by atoms with Gasteiger partial charge in [0.05, 0.1) is 11.4 Å². The topological polar surface area (TPSA) is 83.5 Å². The van der Waals surface area contributed by atoms with Crippen molar-refractivity contribution in [3.63, 3.8) is 0 Å². The lowest BCUT2D eigenvalue weighted by Gasteiger charge is -2.14. The molecular formula is C9H10ClNO4S2. The average Bonchev–Trinajstić information content (AvgIpc) is 2.74. The Morgan fingerprint density at radius 1 is 1.53 bits per heavy atom. The summed E-state index contributed by atoms with van der Waals surface area (Å²) in [5.41, 5.74) is -0.823. The monoisotopic (exact) mass is 295 g/mol. The Morgan fingerprint density at radius 2 is 2.18 bits per heavy atom. The minimum absolute atomic E-state index is 0.0147. The van der Waals surface area contributed by atoms with Crippen molar-refractivity contribution in [3.05, 3.63) is 15.8 Å². The number of nitrogens with one attached hydrogen (secondary N) is 1. The van der Waals surface area contributed by atoms with Crippen LogP contribution in [-0.2, 0) is 14.8 Å². The highest BCUT2D eigenvalue weighted by Crippen LogP contribution is 2.40. The maximum Gasteiger partial charge on any atom is 0.305 e. The van der Waals surface area contributed by atoms with Crippen LogP contribution in [0, 0.1) is 0 Å². The standard InChI is InChI=1S/C9H10ClNO4S2/c10-6-4-16-5-7(6)17(14,15)11-9(1-2-9)3-8(12)13/h4-5,11H,1-3H2,(H,12,13). The molecule has 0 radical (unpaired) electrons. The van der Waals surface area contributed by atoms with Crippen molar-refractivity contribution < 1.29 is 18.3 Å². The van der Waals surface area contributed by atoms with Crippen LogP contribution >= 0.6 is 22.9 Å². The quantitative estimate of drug-likeness (QED) is 0.866. The molecule has 5 nitrogen and oxygen atoms in total. The van der Waals surface area contributed by atoms with Crippen LogP contribution in [0.5, 0.6) is 0 Å². The van der Waals surface area contributed by atoms with Crippen LogP contribution in [0.25, 0.3) is 0 Å². The summed E-state index contributed by atoms with van der Waals surface area (Å²) in [7, 11) is -3.72. The summed E-state index contributed by atoms with van der Waals surface area (Å²) < 4.78 is 26.4. The first-order chi connectivity index (χ1) is 7.85. The minimum atomic E-state index is -3.72. The maximum absolute atomic E-state index is 12.0. The summed E-state index contributed by atoms with van der Waals surface area (Å²) in [5.74, 6) is -1.01. The molecule has 0 aromatic carbocycles. The van der Waals surface area contributed by atoms with Crippen molar-refractivity contribution >= 4 is 38.9 Å². The molecule has 0 saturated heterocycles. The second-order valence-electron chi connectivity index (χ2n) is 4.04. The highest BCUT2D eigenvalue weighted by atomic mass is 35.5. The molecule has 0 atom stereocenters. The van der Waals surface area contributed by atoms with Gasteiger partial charge in [0.1, 0.15) is 4.90 Å². The molecule has 0 bridgehead atoms. The number of hydrogen-bond acceptors (Lipinski definition) is 4. The predicted molar refractivity (Wildman–Crippen MR) is 63.9 cm³/mol. The van der Waals surface area contributed by atoms with Gasteiger partial charge in [0.2, 0.25) is 10.0 Å². The summed E-state index contributed by atoms with van der Waals surface area (Å²) in [4.78, 5) is 10.7. The maximum atomic E-state index is 12.0. The van der Waals surface area contributed by atoms with Gasteiger partial charge >= 0.3 is 5.97 Å². The van der Waals surface area contributed by atoms with Crippen LogP contribution in [0.4, 0.5) is 0 Å². The second-order valence-corrected chi connectivity index (χ2v) is 6.84. The summed E-state index contributed by atoms with van der Waals surface area (Å²) in [6.07, 6.45) is 0.883. The Kier molecular flexibility index (Phi) is 3.19. The molecule has 0 aliphatic heterocycles. The van der Waals surface area contributed by atoms with E-state index in [0.717, 1.165) is 0 Å². The molecule has 0 spiro atoms. The largest absolute Gasteiger partial charge is 0.481 e. The minimum Gasteiger partial charge on any atom is -0.481 e. The first kappa shape index (κ1) is 12.8. The molecule has 1 aromatic rings. The van der Waals surface area contributed by atoms with E-state index in [-0.39, 0.29) is 16.3 Å². The first-order valence-electron chi connectivity index (χ1n) is 4.82. The lowest BCUT2D eigenvalue weighted by Crippen LogP contribution is -2.38. The number of hydrogen-bond donors (Lipinski definition) is 2. The molecule has 1 aromatic heterocycles. The number of halogens is 1. The van der Waals surface area contributed by atoms with Gasteiger partial charge in [-0.3, -0.25) is 4.79 Å². The Labute approximate surface area is 107 Å². The molecule has 1 aliphatic carbocycles. The van der Waals surface area contributed by atoms with E-state index in [1.807, 2.05) is 0 Å². The van der Waals surface area contributed by atoms with E-state index < -0.39 is 21.5 Å². The van der Waals surface area contributed by atoms with Gasteiger partial charge in [-0.2, -0.15) is 0 Å². The molecule has 0 amide bonds. The third kappa shape index (κ3) is 2.79. The zero-order valence-electron chi connectivity index (χ0n) is 8.64. The fraction of sp³-hybridized carbons (Fsp3) is 0.444. The van der Waals surface area contributed by atoms with Gasteiger partial charge in [-0.05, 0) is 12.8 Å². The summed E-state index contributed by atoms with van der Waals surface area (Å²) in [5, 5.41) is 11.8. The Balaban J connectivity index is 2.19.